The van der Waals surface area contributed by atoms with Gasteiger partial charge in [-0.05, 0) is 50.2 Å². The van der Waals surface area contributed by atoms with Crippen LogP contribution >= 0.6 is 0 Å². The highest BCUT2D eigenvalue weighted by atomic mass is 19.1. The summed E-state index contributed by atoms with van der Waals surface area (Å²) in [5.74, 6) is -1.29. The number of rotatable bonds is 6. The van der Waals surface area contributed by atoms with Crippen molar-refractivity contribution in [3.05, 3.63) is 78.1 Å². The molecular weight excluding hydrogens is 427 g/mol. The zero-order chi connectivity index (χ0) is 23.4. The van der Waals surface area contributed by atoms with E-state index in [1.54, 1.807) is 30.6 Å². The molecule has 166 valence electrons. The van der Waals surface area contributed by atoms with Crippen molar-refractivity contribution in [2.75, 3.05) is 10.6 Å². The largest absolute Gasteiger partial charge is 0.310 e. The van der Waals surface area contributed by atoms with Crippen LogP contribution in [0.3, 0.4) is 0 Å². The molecule has 11 heteroatoms. The van der Waals surface area contributed by atoms with Crippen molar-refractivity contribution in [2.45, 2.75) is 19.9 Å². The minimum atomic E-state index is -0.782. The first-order valence-corrected chi connectivity index (χ1v) is 9.98. The van der Waals surface area contributed by atoms with Gasteiger partial charge in [0.25, 0.3) is 11.8 Å². The molecule has 0 spiro atoms. The molecule has 3 heterocycles. The van der Waals surface area contributed by atoms with Gasteiger partial charge in [0.15, 0.2) is 5.82 Å². The highest BCUT2D eigenvalue weighted by Crippen LogP contribution is 2.20. The topological polar surface area (TPSA) is 128 Å². The van der Waals surface area contributed by atoms with Crippen LogP contribution < -0.4 is 10.6 Å². The maximum absolute atomic E-state index is 14.4. The predicted molar refractivity (Wildman–Crippen MR) is 118 cm³/mol. The van der Waals surface area contributed by atoms with Gasteiger partial charge < -0.3 is 9.88 Å². The highest BCUT2D eigenvalue weighted by Gasteiger charge is 2.18. The lowest BCUT2D eigenvalue weighted by molar-refractivity contribution is 0.102. The average molecular weight is 446 g/mol. The van der Waals surface area contributed by atoms with Crippen LogP contribution in [0, 0.1) is 5.82 Å². The number of hydrogen-bond donors (Lipinski definition) is 2. The van der Waals surface area contributed by atoms with E-state index in [0.29, 0.717) is 11.5 Å². The van der Waals surface area contributed by atoms with Crippen molar-refractivity contribution < 1.29 is 14.0 Å². The summed E-state index contributed by atoms with van der Waals surface area (Å²) in [6, 6.07) is 10.2. The van der Waals surface area contributed by atoms with E-state index in [0.717, 1.165) is 12.1 Å². The maximum atomic E-state index is 14.4. The van der Waals surface area contributed by atoms with Crippen molar-refractivity contribution in [2.24, 2.45) is 0 Å². The molecule has 0 radical (unpaired) electrons. The predicted octanol–water partition coefficient (Wildman–Crippen LogP) is 3.35. The summed E-state index contributed by atoms with van der Waals surface area (Å²) in [6.07, 6.45) is 4.53. The van der Waals surface area contributed by atoms with Gasteiger partial charge in [-0.3, -0.25) is 14.9 Å². The van der Waals surface area contributed by atoms with E-state index in [1.165, 1.54) is 18.5 Å². The van der Waals surface area contributed by atoms with Gasteiger partial charge in [-0.1, -0.05) is 6.07 Å². The molecule has 0 fully saturated rings. The SMILES string of the molecule is CC(C)n1cnnc1-c1cccc(NC(=O)c2cc(C(=O)Nc3ncccn3)ccc2F)n1. The van der Waals surface area contributed by atoms with E-state index in [-0.39, 0.29) is 28.9 Å². The first kappa shape index (κ1) is 21.7. The van der Waals surface area contributed by atoms with Crippen molar-refractivity contribution in [3.8, 4) is 11.5 Å². The van der Waals surface area contributed by atoms with Gasteiger partial charge in [-0.25, -0.2) is 19.3 Å². The Morgan fingerprint density at radius 3 is 2.55 bits per heavy atom. The Balaban J connectivity index is 1.55. The van der Waals surface area contributed by atoms with Gasteiger partial charge >= 0.3 is 0 Å². The summed E-state index contributed by atoms with van der Waals surface area (Å²) in [4.78, 5) is 37.4. The molecule has 0 unspecified atom stereocenters. The van der Waals surface area contributed by atoms with E-state index in [1.807, 2.05) is 18.4 Å². The van der Waals surface area contributed by atoms with E-state index in [9.17, 15) is 14.0 Å². The van der Waals surface area contributed by atoms with Crippen molar-refractivity contribution in [1.82, 2.24) is 29.7 Å². The number of aromatic nitrogens is 6. The highest BCUT2D eigenvalue weighted by molar-refractivity contribution is 6.08. The van der Waals surface area contributed by atoms with Crippen LogP contribution in [0.5, 0.6) is 0 Å². The lowest BCUT2D eigenvalue weighted by atomic mass is 10.1. The number of halogens is 1. The third kappa shape index (κ3) is 4.87. The Hall–Kier alpha value is -4.54. The second-order valence-electron chi connectivity index (χ2n) is 7.24. The molecule has 0 saturated carbocycles. The maximum Gasteiger partial charge on any atom is 0.259 e. The number of anilines is 2. The van der Waals surface area contributed by atoms with Gasteiger partial charge in [-0.2, -0.15) is 0 Å². The van der Waals surface area contributed by atoms with E-state index >= 15 is 0 Å². The summed E-state index contributed by atoms with van der Waals surface area (Å²) >= 11 is 0. The van der Waals surface area contributed by atoms with E-state index in [2.05, 4.69) is 35.8 Å². The minimum absolute atomic E-state index is 0.0701. The third-order valence-electron chi connectivity index (χ3n) is 4.61. The van der Waals surface area contributed by atoms with Gasteiger partial charge in [0.1, 0.15) is 23.7 Å². The Kier molecular flexibility index (Phi) is 6.11. The Bertz CT molecular complexity index is 1310. The molecular formula is C22H19FN8O2. The minimum Gasteiger partial charge on any atom is -0.310 e. The number of benzene rings is 1. The van der Waals surface area contributed by atoms with Gasteiger partial charge in [0.05, 0.1) is 5.56 Å². The zero-order valence-corrected chi connectivity index (χ0v) is 17.7. The van der Waals surface area contributed by atoms with Crippen molar-refractivity contribution >= 4 is 23.6 Å². The number of carbonyl (C=O) groups excluding carboxylic acids is 2. The van der Waals surface area contributed by atoms with Crippen LogP contribution in [0.25, 0.3) is 11.5 Å². The Morgan fingerprint density at radius 2 is 1.79 bits per heavy atom. The first-order chi connectivity index (χ1) is 15.9. The standard InChI is InChI=1S/C22H19FN8O2/c1-13(2)31-12-26-30-19(31)17-5-3-6-18(27-17)28-21(33)15-11-14(7-8-16(15)23)20(32)29-22-24-9-4-10-25-22/h3-13H,1-2H3,(H,27,28,33)(H,24,25,29,32). The molecule has 0 saturated heterocycles. The molecule has 3 aromatic heterocycles. The van der Waals surface area contributed by atoms with Crippen LogP contribution in [0.4, 0.5) is 16.2 Å². The molecule has 4 rings (SSSR count). The molecule has 10 nitrogen and oxygen atoms in total. The lowest BCUT2D eigenvalue weighted by Gasteiger charge is -2.11. The quantitative estimate of drug-likeness (QED) is 0.465. The van der Waals surface area contributed by atoms with Crippen molar-refractivity contribution in [1.29, 1.82) is 0 Å². The van der Waals surface area contributed by atoms with Gasteiger partial charge in [0.2, 0.25) is 5.95 Å². The molecule has 4 aromatic rings. The van der Waals surface area contributed by atoms with Crippen LogP contribution in [0.2, 0.25) is 0 Å². The summed E-state index contributed by atoms with van der Waals surface area (Å²) in [7, 11) is 0. The molecule has 33 heavy (non-hydrogen) atoms. The number of pyridine rings is 1. The van der Waals surface area contributed by atoms with Crippen molar-refractivity contribution in [3.63, 3.8) is 0 Å². The number of nitrogens with zero attached hydrogens (tertiary/aromatic N) is 6. The Morgan fingerprint density at radius 1 is 1.00 bits per heavy atom. The normalized spacial score (nSPS) is 10.8. The Labute approximate surface area is 188 Å². The van der Waals surface area contributed by atoms with Crippen LogP contribution in [-0.2, 0) is 0 Å². The average Bonchev–Trinajstić information content (AvgIpc) is 3.31. The summed E-state index contributed by atoms with van der Waals surface area (Å²) < 4.78 is 16.2. The first-order valence-electron chi connectivity index (χ1n) is 9.98. The monoisotopic (exact) mass is 446 g/mol. The number of hydrogen-bond acceptors (Lipinski definition) is 7. The molecule has 0 bridgehead atoms. The van der Waals surface area contributed by atoms with Crippen LogP contribution in [0.15, 0.2) is 61.2 Å². The van der Waals surface area contributed by atoms with Crippen LogP contribution in [-0.4, -0.2) is 41.5 Å². The fourth-order valence-corrected chi connectivity index (χ4v) is 2.99. The number of amides is 2. The smallest absolute Gasteiger partial charge is 0.259 e. The third-order valence-corrected chi connectivity index (χ3v) is 4.61. The van der Waals surface area contributed by atoms with E-state index < -0.39 is 17.6 Å². The number of carbonyl (C=O) groups is 2. The second kappa shape index (κ2) is 9.30. The molecule has 0 atom stereocenters. The molecule has 2 N–H and O–H groups in total. The molecule has 0 aliphatic heterocycles. The summed E-state index contributed by atoms with van der Waals surface area (Å²) in [5, 5.41) is 13.1. The molecule has 2 amide bonds. The molecule has 1 aromatic carbocycles. The second-order valence-corrected chi connectivity index (χ2v) is 7.24. The lowest BCUT2D eigenvalue weighted by Crippen LogP contribution is -2.18. The van der Waals surface area contributed by atoms with Crippen LogP contribution in [0.1, 0.15) is 40.6 Å². The fourth-order valence-electron chi connectivity index (χ4n) is 2.99. The van der Waals surface area contributed by atoms with Gasteiger partial charge in [0, 0.05) is 24.0 Å². The number of nitrogens with one attached hydrogen (secondary N) is 2. The zero-order valence-electron chi connectivity index (χ0n) is 17.7. The van der Waals surface area contributed by atoms with E-state index in [4.69, 9.17) is 0 Å². The van der Waals surface area contributed by atoms with Gasteiger partial charge in [-0.15, -0.1) is 10.2 Å². The fraction of sp³-hybridized carbons (Fsp3) is 0.136. The summed E-state index contributed by atoms with van der Waals surface area (Å²) in [6.45, 7) is 3.96. The summed E-state index contributed by atoms with van der Waals surface area (Å²) in [5.41, 5.74) is 0.255. The molecule has 0 aliphatic rings. The molecule has 0 aliphatic carbocycles.